The highest BCUT2D eigenvalue weighted by atomic mass is 19.4. The van der Waals surface area contributed by atoms with Crippen LogP contribution in [0.2, 0.25) is 0 Å². The number of H-pyrrole nitrogens is 1. The summed E-state index contributed by atoms with van der Waals surface area (Å²) < 4.78 is 50.3. The first-order valence-electron chi connectivity index (χ1n) is 8.74. The third-order valence-corrected chi connectivity index (χ3v) is 5.06. The largest absolute Gasteiger partial charge is 0.495 e. The predicted octanol–water partition coefficient (Wildman–Crippen LogP) is 3.42. The topological polar surface area (TPSA) is 71.4 Å². The van der Waals surface area contributed by atoms with Crippen molar-refractivity contribution < 1.29 is 22.3 Å². The standard InChI is InChI=1S/C19H18F3N3O3/c1-10-7-13-12(4-6-15-17(13)28-18(26)24-15)16(25(10)9-19(20,21)22)14-5-3-11(27-2)8-23-14/h3-6,8,10,16H,7,9H2,1-2H3,(H,24,26)/t10-,16?/m1/s1. The number of aromatic amines is 1. The van der Waals surface area contributed by atoms with E-state index < -0.39 is 30.6 Å². The molecular weight excluding hydrogens is 375 g/mol. The van der Waals surface area contributed by atoms with E-state index in [2.05, 4.69) is 9.97 Å². The molecule has 0 saturated heterocycles. The molecule has 0 spiro atoms. The minimum atomic E-state index is -4.36. The summed E-state index contributed by atoms with van der Waals surface area (Å²) in [6, 6.07) is 5.55. The number of nitrogens with one attached hydrogen (secondary N) is 1. The Hall–Kier alpha value is -2.81. The van der Waals surface area contributed by atoms with Crippen molar-refractivity contribution in [1.82, 2.24) is 14.9 Å². The maximum absolute atomic E-state index is 13.3. The van der Waals surface area contributed by atoms with Crippen molar-refractivity contribution in [2.75, 3.05) is 13.7 Å². The lowest BCUT2D eigenvalue weighted by molar-refractivity contribution is -0.155. The summed E-state index contributed by atoms with van der Waals surface area (Å²) in [5, 5.41) is 0. The summed E-state index contributed by atoms with van der Waals surface area (Å²) in [6.45, 7) is 0.663. The number of ether oxygens (including phenoxy) is 1. The monoisotopic (exact) mass is 393 g/mol. The molecule has 0 bridgehead atoms. The molecule has 28 heavy (non-hydrogen) atoms. The molecule has 1 unspecified atom stereocenters. The van der Waals surface area contributed by atoms with E-state index in [0.717, 1.165) is 5.56 Å². The second kappa shape index (κ2) is 6.66. The van der Waals surface area contributed by atoms with E-state index in [-0.39, 0.29) is 0 Å². The van der Waals surface area contributed by atoms with Gasteiger partial charge in [0.25, 0.3) is 0 Å². The van der Waals surface area contributed by atoms with Gasteiger partial charge in [0.2, 0.25) is 0 Å². The number of fused-ring (bicyclic) bond motifs is 3. The number of hydrogen-bond donors (Lipinski definition) is 1. The highest BCUT2D eigenvalue weighted by molar-refractivity contribution is 5.78. The maximum Gasteiger partial charge on any atom is 0.417 e. The Kier molecular flexibility index (Phi) is 4.41. The number of oxazole rings is 1. The molecule has 0 radical (unpaired) electrons. The summed E-state index contributed by atoms with van der Waals surface area (Å²) in [6.07, 6.45) is -2.55. The summed E-state index contributed by atoms with van der Waals surface area (Å²) in [4.78, 5) is 19.9. The van der Waals surface area contributed by atoms with Gasteiger partial charge in [-0.05, 0) is 37.1 Å². The molecule has 6 nitrogen and oxygen atoms in total. The molecule has 0 aliphatic carbocycles. The van der Waals surface area contributed by atoms with E-state index in [1.165, 1.54) is 18.2 Å². The average Bonchev–Trinajstić information content (AvgIpc) is 3.02. The summed E-state index contributed by atoms with van der Waals surface area (Å²) in [7, 11) is 1.50. The second-order valence-electron chi connectivity index (χ2n) is 6.89. The third kappa shape index (κ3) is 3.26. The Morgan fingerprint density at radius 1 is 1.32 bits per heavy atom. The van der Waals surface area contributed by atoms with Crippen molar-refractivity contribution in [2.24, 2.45) is 0 Å². The van der Waals surface area contributed by atoms with Crippen molar-refractivity contribution in [3.05, 3.63) is 57.8 Å². The Labute approximate surface area is 157 Å². The number of alkyl halides is 3. The van der Waals surface area contributed by atoms with E-state index in [1.807, 2.05) is 0 Å². The van der Waals surface area contributed by atoms with Crippen LogP contribution in [0.1, 0.15) is 29.8 Å². The first-order chi connectivity index (χ1) is 13.3. The quantitative estimate of drug-likeness (QED) is 0.738. The SMILES string of the molecule is COc1ccc(C2c3ccc4[nH]c(=O)oc4c3C[C@@H](C)N2CC(F)(F)F)nc1. The number of rotatable bonds is 3. The van der Waals surface area contributed by atoms with Gasteiger partial charge in [0.1, 0.15) is 5.75 Å². The Balaban J connectivity index is 1.90. The van der Waals surface area contributed by atoms with Gasteiger partial charge >= 0.3 is 11.9 Å². The Bertz CT molecular complexity index is 1060. The zero-order chi connectivity index (χ0) is 20.1. The molecule has 0 amide bonds. The van der Waals surface area contributed by atoms with Crippen molar-refractivity contribution >= 4 is 11.1 Å². The van der Waals surface area contributed by atoms with Gasteiger partial charge in [-0.15, -0.1) is 0 Å². The van der Waals surface area contributed by atoms with Crippen molar-refractivity contribution in [3.8, 4) is 5.75 Å². The van der Waals surface area contributed by atoms with Crippen LogP contribution in [0.4, 0.5) is 13.2 Å². The number of pyridine rings is 1. The first-order valence-corrected chi connectivity index (χ1v) is 8.74. The minimum Gasteiger partial charge on any atom is -0.495 e. The molecule has 1 aromatic carbocycles. The van der Waals surface area contributed by atoms with Crippen molar-refractivity contribution in [2.45, 2.75) is 31.6 Å². The van der Waals surface area contributed by atoms with Gasteiger partial charge in [0.15, 0.2) is 5.58 Å². The molecule has 9 heteroatoms. The smallest absolute Gasteiger partial charge is 0.417 e. The predicted molar refractivity (Wildman–Crippen MR) is 95.4 cm³/mol. The van der Waals surface area contributed by atoms with Crippen LogP contribution in [0.25, 0.3) is 11.1 Å². The Morgan fingerprint density at radius 2 is 2.11 bits per heavy atom. The highest BCUT2D eigenvalue weighted by Gasteiger charge is 2.42. The number of methoxy groups -OCH3 is 1. The lowest BCUT2D eigenvalue weighted by Gasteiger charge is -2.41. The maximum atomic E-state index is 13.3. The lowest BCUT2D eigenvalue weighted by Crippen LogP contribution is -2.47. The molecule has 0 saturated carbocycles. The van der Waals surface area contributed by atoms with Crippen LogP contribution in [0.15, 0.2) is 39.7 Å². The molecule has 3 heterocycles. The van der Waals surface area contributed by atoms with Crippen LogP contribution < -0.4 is 10.5 Å². The number of benzene rings is 1. The van der Waals surface area contributed by atoms with Crippen LogP contribution in [0, 0.1) is 0 Å². The highest BCUT2D eigenvalue weighted by Crippen LogP contribution is 2.41. The number of halogens is 3. The summed E-state index contributed by atoms with van der Waals surface area (Å²) >= 11 is 0. The van der Waals surface area contributed by atoms with Crippen molar-refractivity contribution in [3.63, 3.8) is 0 Å². The van der Waals surface area contributed by atoms with E-state index in [1.54, 1.807) is 31.2 Å². The molecule has 1 aliphatic rings. The normalized spacial score (nSPS) is 20.3. The third-order valence-electron chi connectivity index (χ3n) is 5.06. The molecule has 0 fully saturated rings. The molecule has 2 aromatic heterocycles. The molecule has 148 valence electrons. The minimum absolute atomic E-state index is 0.330. The van der Waals surface area contributed by atoms with Crippen molar-refractivity contribution in [1.29, 1.82) is 0 Å². The van der Waals surface area contributed by atoms with Crippen LogP contribution >= 0.6 is 0 Å². The zero-order valence-corrected chi connectivity index (χ0v) is 15.2. The van der Waals surface area contributed by atoms with E-state index in [4.69, 9.17) is 9.15 Å². The van der Waals surface area contributed by atoms with Crippen LogP contribution in [-0.4, -0.2) is 40.7 Å². The fourth-order valence-corrected chi connectivity index (χ4v) is 3.86. The summed E-state index contributed by atoms with van der Waals surface area (Å²) in [5.41, 5.74) is 2.76. The van der Waals surface area contributed by atoms with Crippen LogP contribution in [-0.2, 0) is 6.42 Å². The first kappa shape index (κ1) is 18.5. The molecule has 2 atom stereocenters. The number of nitrogens with zero attached hydrogens (tertiary/aromatic N) is 2. The van der Waals surface area contributed by atoms with Crippen LogP contribution in [0.3, 0.4) is 0 Å². The van der Waals surface area contributed by atoms with Gasteiger partial charge < -0.3 is 9.15 Å². The van der Waals surface area contributed by atoms with Gasteiger partial charge in [-0.25, -0.2) is 4.79 Å². The molecule has 3 aromatic rings. The van der Waals surface area contributed by atoms with Crippen LogP contribution in [0.5, 0.6) is 5.75 Å². The molecule has 4 rings (SSSR count). The van der Waals surface area contributed by atoms with E-state index in [9.17, 15) is 18.0 Å². The second-order valence-corrected chi connectivity index (χ2v) is 6.89. The number of aromatic nitrogens is 2. The lowest BCUT2D eigenvalue weighted by atomic mass is 9.86. The molecule has 1 aliphatic heterocycles. The van der Waals surface area contributed by atoms with Gasteiger partial charge in [-0.2, -0.15) is 13.2 Å². The average molecular weight is 393 g/mol. The van der Waals surface area contributed by atoms with Gasteiger partial charge in [-0.1, -0.05) is 6.07 Å². The number of hydrogen-bond acceptors (Lipinski definition) is 5. The van der Waals surface area contributed by atoms with E-state index in [0.29, 0.717) is 34.5 Å². The zero-order valence-electron chi connectivity index (χ0n) is 15.2. The fraction of sp³-hybridized carbons (Fsp3) is 0.368. The van der Waals surface area contributed by atoms with E-state index >= 15 is 0 Å². The molecular formula is C19H18F3N3O3. The fourth-order valence-electron chi connectivity index (χ4n) is 3.86. The Morgan fingerprint density at radius 3 is 2.75 bits per heavy atom. The summed E-state index contributed by atoms with van der Waals surface area (Å²) in [5.74, 6) is -0.0739. The van der Waals surface area contributed by atoms with Gasteiger partial charge in [0, 0.05) is 11.6 Å². The van der Waals surface area contributed by atoms with Gasteiger partial charge in [-0.3, -0.25) is 14.9 Å². The molecule has 1 N–H and O–H groups in total. The van der Waals surface area contributed by atoms with Gasteiger partial charge in [0.05, 0.1) is 37.1 Å².